The average Bonchev–Trinajstić information content (AvgIpc) is 3.42. The Morgan fingerprint density at radius 2 is 2.06 bits per heavy atom. The van der Waals surface area contributed by atoms with Crippen LogP contribution in [0.1, 0.15) is 50.1 Å². The van der Waals surface area contributed by atoms with E-state index in [0.29, 0.717) is 35.3 Å². The Kier molecular flexibility index (Phi) is 5.38. The van der Waals surface area contributed by atoms with E-state index in [2.05, 4.69) is 15.3 Å². The Labute approximate surface area is 186 Å². The fraction of sp³-hybridized carbons (Fsp3) is 0.417. The number of pyridine rings is 1. The van der Waals surface area contributed by atoms with E-state index in [0.717, 1.165) is 35.0 Å². The molecule has 1 saturated carbocycles. The number of nitrogens with zero attached hydrogens (tertiary/aromatic N) is 4. The van der Waals surface area contributed by atoms with E-state index < -0.39 is 6.04 Å². The molecule has 1 aliphatic carbocycles. The van der Waals surface area contributed by atoms with Crippen LogP contribution in [0.5, 0.6) is 0 Å². The number of nitrogens with one attached hydrogen (secondary N) is 1. The second-order valence-corrected chi connectivity index (χ2v) is 8.71. The van der Waals surface area contributed by atoms with Crippen molar-refractivity contribution in [3.63, 3.8) is 0 Å². The average molecular weight is 433 g/mol. The molecule has 166 valence electrons. The number of carbonyl (C=O) groups excluding carboxylic acids is 1. The molecule has 1 aromatic carbocycles. The zero-order valence-electron chi connectivity index (χ0n) is 18.5. The van der Waals surface area contributed by atoms with Crippen LogP contribution >= 0.6 is 0 Å². The molecule has 8 nitrogen and oxygen atoms in total. The van der Waals surface area contributed by atoms with Crippen molar-refractivity contribution in [3.05, 3.63) is 36.2 Å². The summed E-state index contributed by atoms with van der Waals surface area (Å²) in [5.41, 5.74) is 10.6. The summed E-state index contributed by atoms with van der Waals surface area (Å²) < 4.78 is 7.92. The molecule has 1 atom stereocenters. The first-order chi connectivity index (χ1) is 15.5. The van der Waals surface area contributed by atoms with Gasteiger partial charge in [0.2, 0.25) is 5.89 Å². The maximum Gasteiger partial charge on any atom is 0.251 e. The Morgan fingerprint density at radius 3 is 2.84 bits per heavy atom. The van der Waals surface area contributed by atoms with Crippen molar-refractivity contribution in [2.24, 2.45) is 18.7 Å². The maximum atomic E-state index is 12.8. The summed E-state index contributed by atoms with van der Waals surface area (Å²) >= 11 is 0. The Balaban J connectivity index is 1.46. The molecule has 4 aromatic rings. The molecular weight excluding hydrogens is 404 g/mol. The lowest BCUT2D eigenvalue weighted by Crippen LogP contribution is -2.24. The normalized spacial score (nSPS) is 16.0. The van der Waals surface area contributed by atoms with Gasteiger partial charge in [0.05, 0.1) is 12.4 Å². The molecule has 1 fully saturated rings. The van der Waals surface area contributed by atoms with E-state index in [1.807, 2.05) is 35.9 Å². The second-order valence-electron chi connectivity index (χ2n) is 8.71. The van der Waals surface area contributed by atoms with Crippen molar-refractivity contribution in [1.29, 1.82) is 0 Å². The third-order valence-corrected chi connectivity index (χ3v) is 6.50. The van der Waals surface area contributed by atoms with Gasteiger partial charge >= 0.3 is 0 Å². The van der Waals surface area contributed by atoms with Crippen molar-refractivity contribution in [2.45, 2.75) is 44.6 Å². The highest BCUT2D eigenvalue weighted by molar-refractivity contribution is 6.03. The third kappa shape index (κ3) is 3.64. The predicted octanol–water partition coefficient (Wildman–Crippen LogP) is 4.36. The molecule has 1 unspecified atom stereocenters. The number of aryl methyl sites for hydroxylation is 1. The quantitative estimate of drug-likeness (QED) is 0.465. The van der Waals surface area contributed by atoms with Crippen LogP contribution in [0.4, 0.5) is 5.82 Å². The van der Waals surface area contributed by atoms with Gasteiger partial charge in [0.1, 0.15) is 11.0 Å². The molecular formula is C24H28N6O2. The van der Waals surface area contributed by atoms with Gasteiger partial charge < -0.3 is 20.0 Å². The van der Waals surface area contributed by atoms with Gasteiger partial charge in [-0.15, -0.1) is 0 Å². The SMILES string of the molecule is CNc1nc2oc(-c3cccc(C(N)C(=O)CC4CCCCC4)c3)nc2c2c1ncn2C. The van der Waals surface area contributed by atoms with Crippen molar-refractivity contribution in [3.8, 4) is 11.5 Å². The number of nitrogens with two attached hydrogens (primary N) is 1. The lowest BCUT2D eigenvalue weighted by Gasteiger charge is -2.22. The molecule has 0 spiro atoms. The highest BCUT2D eigenvalue weighted by Crippen LogP contribution is 2.33. The summed E-state index contributed by atoms with van der Waals surface area (Å²) in [6.45, 7) is 0. The summed E-state index contributed by atoms with van der Waals surface area (Å²) in [6.07, 6.45) is 8.26. The molecule has 0 radical (unpaired) electrons. The topological polar surface area (TPSA) is 112 Å². The van der Waals surface area contributed by atoms with Gasteiger partial charge in [-0.05, 0) is 23.6 Å². The molecule has 3 aromatic heterocycles. The van der Waals surface area contributed by atoms with Crippen molar-refractivity contribution < 1.29 is 9.21 Å². The minimum Gasteiger partial charge on any atom is -0.418 e. The number of aromatic nitrogens is 4. The zero-order valence-corrected chi connectivity index (χ0v) is 18.5. The number of hydrogen-bond donors (Lipinski definition) is 2. The summed E-state index contributed by atoms with van der Waals surface area (Å²) in [6, 6.07) is 6.95. The highest BCUT2D eigenvalue weighted by Gasteiger charge is 2.23. The summed E-state index contributed by atoms with van der Waals surface area (Å²) in [5, 5.41) is 3.07. The first-order valence-corrected chi connectivity index (χ1v) is 11.2. The number of rotatable bonds is 6. The molecule has 3 heterocycles. The van der Waals surface area contributed by atoms with E-state index in [1.165, 1.54) is 19.3 Å². The molecule has 1 aliphatic rings. The van der Waals surface area contributed by atoms with Crippen molar-refractivity contribution >= 4 is 33.9 Å². The van der Waals surface area contributed by atoms with Gasteiger partial charge in [-0.1, -0.05) is 44.2 Å². The van der Waals surface area contributed by atoms with Crippen LogP contribution in [0.15, 0.2) is 35.0 Å². The molecule has 0 amide bonds. The first kappa shape index (κ1) is 20.6. The van der Waals surface area contributed by atoms with Crippen LogP contribution in [0.3, 0.4) is 0 Å². The van der Waals surface area contributed by atoms with E-state index >= 15 is 0 Å². The molecule has 3 N–H and O–H groups in total. The maximum absolute atomic E-state index is 12.8. The van der Waals surface area contributed by atoms with Gasteiger partial charge in [-0.25, -0.2) is 9.97 Å². The predicted molar refractivity (Wildman–Crippen MR) is 124 cm³/mol. The lowest BCUT2D eigenvalue weighted by atomic mass is 9.84. The van der Waals surface area contributed by atoms with E-state index in [9.17, 15) is 4.79 Å². The number of imidazole rings is 1. The first-order valence-electron chi connectivity index (χ1n) is 11.2. The number of Topliss-reactive ketones (excluding diaryl/α,β-unsaturated/α-hetero) is 1. The number of benzene rings is 1. The standard InChI is InChI=1S/C24H28N6O2/c1-26-22-19-21(30(2)13-27-19)20-24(29-22)32-23(28-20)16-10-6-9-15(12-16)18(25)17(31)11-14-7-4-3-5-8-14/h6,9-10,12-14,18H,3-5,7-8,11,25H2,1-2H3,(H,26,29). The summed E-state index contributed by atoms with van der Waals surface area (Å²) in [4.78, 5) is 26.5. The number of hydrogen-bond acceptors (Lipinski definition) is 7. The minimum absolute atomic E-state index is 0.100. The fourth-order valence-electron chi connectivity index (χ4n) is 4.73. The number of carbonyl (C=O) groups is 1. The van der Waals surface area contributed by atoms with E-state index in [1.54, 1.807) is 13.4 Å². The number of fused-ring (bicyclic) bond motifs is 3. The smallest absolute Gasteiger partial charge is 0.251 e. The molecule has 32 heavy (non-hydrogen) atoms. The number of ketones is 1. The molecule has 8 heteroatoms. The highest BCUT2D eigenvalue weighted by atomic mass is 16.4. The Hall–Kier alpha value is -3.26. The molecule has 0 bridgehead atoms. The molecule has 5 rings (SSSR count). The van der Waals surface area contributed by atoms with Gasteiger partial charge in [-0.3, -0.25) is 4.79 Å². The Bertz CT molecular complexity index is 1280. The zero-order chi connectivity index (χ0) is 22.2. The molecule has 0 aliphatic heterocycles. The van der Waals surface area contributed by atoms with Crippen LogP contribution in [0.25, 0.3) is 33.7 Å². The second kappa shape index (κ2) is 8.35. The van der Waals surface area contributed by atoms with Crippen LogP contribution in [-0.2, 0) is 11.8 Å². The number of anilines is 1. The number of oxazole rings is 1. The minimum atomic E-state index is -0.640. The molecule has 0 saturated heterocycles. The van der Waals surface area contributed by atoms with Gasteiger partial charge in [0, 0.05) is 26.1 Å². The van der Waals surface area contributed by atoms with Gasteiger partial charge in [0.15, 0.2) is 17.1 Å². The van der Waals surface area contributed by atoms with E-state index in [4.69, 9.17) is 15.1 Å². The van der Waals surface area contributed by atoms with Gasteiger partial charge in [-0.2, -0.15) is 4.98 Å². The van der Waals surface area contributed by atoms with Crippen LogP contribution in [0, 0.1) is 5.92 Å². The summed E-state index contributed by atoms with van der Waals surface area (Å²) in [7, 11) is 3.72. The van der Waals surface area contributed by atoms with Crippen LogP contribution < -0.4 is 11.1 Å². The van der Waals surface area contributed by atoms with E-state index in [-0.39, 0.29) is 5.78 Å². The third-order valence-electron chi connectivity index (χ3n) is 6.50. The lowest BCUT2D eigenvalue weighted by molar-refractivity contribution is -0.121. The monoisotopic (exact) mass is 432 g/mol. The summed E-state index contributed by atoms with van der Waals surface area (Å²) in [5.74, 6) is 1.65. The Morgan fingerprint density at radius 1 is 1.25 bits per heavy atom. The van der Waals surface area contributed by atoms with Gasteiger partial charge in [0.25, 0.3) is 5.71 Å². The van der Waals surface area contributed by atoms with Crippen LogP contribution in [0.2, 0.25) is 0 Å². The van der Waals surface area contributed by atoms with Crippen LogP contribution in [-0.4, -0.2) is 32.3 Å². The fourth-order valence-corrected chi connectivity index (χ4v) is 4.73. The largest absolute Gasteiger partial charge is 0.418 e. The van der Waals surface area contributed by atoms with Crippen molar-refractivity contribution in [1.82, 2.24) is 19.5 Å². The van der Waals surface area contributed by atoms with Crippen molar-refractivity contribution in [2.75, 3.05) is 12.4 Å².